The molecule has 1 heterocycles. The minimum absolute atomic E-state index is 0.105. The summed E-state index contributed by atoms with van der Waals surface area (Å²) >= 11 is 0. The van der Waals surface area contributed by atoms with E-state index in [1.807, 2.05) is 0 Å². The molecule has 70 valence electrons. The van der Waals surface area contributed by atoms with Crippen LogP contribution in [-0.4, -0.2) is 30.0 Å². The second-order valence-electron chi connectivity index (χ2n) is 3.98. The number of hydrogen-bond acceptors (Lipinski definition) is 1. The Bertz CT molecular complexity index is 156. The van der Waals surface area contributed by atoms with Gasteiger partial charge >= 0.3 is 0 Å². The molecule has 0 atom stereocenters. The lowest BCUT2D eigenvalue weighted by atomic mass is 9.90. The molecule has 0 unspecified atom stereocenters. The third-order valence-corrected chi connectivity index (χ3v) is 3.09. The number of alkyl halides is 2. The fourth-order valence-corrected chi connectivity index (χ4v) is 2.10. The van der Waals surface area contributed by atoms with Crippen LogP contribution in [0.15, 0.2) is 0 Å². The molecule has 0 N–H and O–H groups in total. The molecule has 0 aromatic carbocycles. The first-order valence-electron chi connectivity index (χ1n) is 4.79. The van der Waals surface area contributed by atoms with Crippen LogP contribution in [0, 0.1) is 0 Å². The van der Waals surface area contributed by atoms with Crippen LogP contribution in [0.1, 0.15) is 32.1 Å². The van der Waals surface area contributed by atoms with Crippen molar-refractivity contribution in [3.63, 3.8) is 0 Å². The summed E-state index contributed by atoms with van der Waals surface area (Å²) in [5.74, 6) is -2.36. The predicted octanol–water partition coefficient (Wildman–Crippen LogP) is 2.27. The lowest BCUT2D eigenvalue weighted by Crippen LogP contribution is -2.47. The fraction of sp³-hybridized carbons (Fsp3) is 1.00. The van der Waals surface area contributed by atoms with Gasteiger partial charge in [0.1, 0.15) is 0 Å². The van der Waals surface area contributed by atoms with Crippen LogP contribution in [-0.2, 0) is 0 Å². The van der Waals surface area contributed by atoms with Crippen LogP contribution >= 0.6 is 0 Å². The predicted molar refractivity (Wildman–Crippen MR) is 43.4 cm³/mol. The standard InChI is InChI=1S/C9H15F2N/c10-9(11)4-2-8(3-5-9)12-6-1-7-12/h8H,1-7H2. The molecule has 1 aliphatic heterocycles. The fourth-order valence-electron chi connectivity index (χ4n) is 2.10. The van der Waals surface area contributed by atoms with Crippen molar-refractivity contribution >= 4 is 0 Å². The Labute approximate surface area is 71.7 Å². The van der Waals surface area contributed by atoms with E-state index in [2.05, 4.69) is 4.90 Å². The SMILES string of the molecule is FC1(F)CCC(N2CCC2)CC1. The van der Waals surface area contributed by atoms with Crippen molar-refractivity contribution in [2.24, 2.45) is 0 Å². The number of halogens is 2. The molecule has 0 amide bonds. The van der Waals surface area contributed by atoms with Crippen LogP contribution in [0.4, 0.5) is 8.78 Å². The Morgan fingerprint density at radius 1 is 1.08 bits per heavy atom. The first-order valence-corrected chi connectivity index (χ1v) is 4.79. The number of hydrogen-bond donors (Lipinski definition) is 0. The van der Waals surface area contributed by atoms with Crippen molar-refractivity contribution in [2.75, 3.05) is 13.1 Å². The highest BCUT2D eigenvalue weighted by atomic mass is 19.3. The van der Waals surface area contributed by atoms with Crippen molar-refractivity contribution in [1.29, 1.82) is 0 Å². The number of nitrogens with zero attached hydrogens (tertiary/aromatic N) is 1. The van der Waals surface area contributed by atoms with Gasteiger partial charge in [-0.1, -0.05) is 0 Å². The van der Waals surface area contributed by atoms with Crippen molar-refractivity contribution < 1.29 is 8.78 Å². The van der Waals surface area contributed by atoms with Gasteiger partial charge in [0.05, 0.1) is 0 Å². The van der Waals surface area contributed by atoms with Gasteiger partial charge in [0, 0.05) is 18.9 Å². The first-order chi connectivity index (χ1) is 5.67. The highest BCUT2D eigenvalue weighted by Crippen LogP contribution is 2.36. The average Bonchev–Trinajstić information content (AvgIpc) is 1.89. The normalized spacial score (nSPS) is 31.5. The topological polar surface area (TPSA) is 3.24 Å². The molecule has 2 fully saturated rings. The molecule has 0 spiro atoms. The molecule has 1 aliphatic carbocycles. The molecule has 0 radical (unpaired) electrons. The van der Waals surface area contributed by atoms with Crippen LogP contribution in [0.3, 0.4) is 0 Å². The van der Waals surface area contributed by atoms with Crippen LogP contribution in [0.2, 0.25) is 0 Å². The van der Waals surface area contributed by atoms with E-state index >= 15 is 0 Å². The lowest BCUT2D eigenvalue weighted by molar-refractivity contribution is -0.0604. The van der Waals surface area contributed by atoms with Gasteiger partial charge in [0.15, 0.2) is 0 Å². The number of rotatable bonds is 1. The van der Waals surface area contributed by atoms with E-state index in [0.29, 0.717) is 18.9 Å². The summed E-state index contributed by atoms with van der Waals surface area (Å²) in [6.45, 7) is 2.27. The molecule has 1 saturated carbocycles. The molecule has 0 bridgehead atoms. The quantitative estimate of drug-likeness (QED) is 0.591. The van der Waals surface area contributed by atoms with E-state index < -0.39 is 5.92 Å². The Morgan fingerprint density at radius 2 is 1.67 bits per heavy atom. The lowest BCUT2D eigenvalue weighted by Gasteiger charge is -2.41. The summed E-state index contributed by atoms with van der Waals surface area (Å²) in [6.07, 6.45) is 2.87. The third kappa shape index (κ3) is 1.60. The van der Waals surface area contributed by atoms with Crippen LogP contribution < -0.4 is 0 Å². The first kappa shape index (κ1) is 8.42. The Hall–Kier alpha value is -0.180. The minimum Gasteiger partial charge on any atom is -0.300 e. The summed E-state index contributed by atoms with van der Waals surface area (Å²) in [4.78, 5) is 2.34. The van der Waals surface area contributed by atoms with Crippen molar-refractivity contribution in [2.45, 2.75) is 44.1 Å². The van der Waals surface area contributed by atoms with E-state index in [-0.39, 0.29) is 12.8 Å². The van der Waals surface area contributed by atoms with E-state index in [1.165, 1.54) is 6.42 Å². The van der Waals surface area contributed by atoms with Crippen LogP contribution in [0.25, 0.3) is 0 Å². The second kappa shape index (κ2) is 2.95. The third-order valence-electron chi connectivity index (χ3n) is 3.09. The molecule has 12 heavy (non-hydrogen) atoms. The van der Waals surface area contributed by atoms with Crippen molar-refractivity contribution in [3.05, 3.63) is 0 Å². The molecule has 0 aromatic heterocycles. The molecule has 2 rings (SSSR count). The van der Waals surface area contributed by atoms with Crippen molar-refractivity contribution in [1.82, 2.24) is 4.90 Å². The van der Waals surface area contributed by atoms with E-state index in [1.54, 1.807) is 0 Å². The molecule has 1 saturated heterocycles. The zero-order chi connectivity index (χ0) is 8.60. The Balaban J connectivity index is 1.81. The molecular formula is C9H15F2N. The molecule has 3 heteroatoms. The average molecular weight is 175 g/mol. The maximum Gasteiger partial charge on any atom is 0.248 e. The Kier molecular flexibility index (Phi) is 2.07. The molecule has 1 nitrogen and oxygen atoms in total. The van der Waals surface area contributed by atoms with E-state index in [0.717, 1.165) is 13.1 Å². The monoisotopic (exact) mass is 175 g/mol. The molecule has 0 aromatic rings. The maximum atomic E-state index is 12.7. The molecular weight excluding hydrogens is 160 g/mol. The summed E-state index contributed by atoms with van der Waals surface area (Å²) in [5.41, 5.74) is 0. The van der Waals surface area contributed by atoms with E-state index in [4.69, 9.17) is 0 Å². The van der Waals surface area contributed by atoms with Gasteiger partial charge in [0.2, 0.25) is 5.92 Å². The highest BCUT2D eigenvalue weighted by Gasteiger charge is 2.37. The van der Waals surface area contributed by atoms with Gasteiger partial charge in [-0.15, -0.1) is 0 Å². The number of likely N-dealkylation sites (tertiary alicyclic amines) is 1. The largest absolute Gasteiger partial charge is 0.300 e. The summed E-state index contributed by atoms with van der Waals surface area (Å²) in [6, 6.07) is 0.471. The van der Waals surface area contributed by atoms with E-state index in [9.17, 15) is 8.78 Å². The van der Waals surface area contributed by atoms with Gasteiger partial charge in [-0.25, -0.2) is 8.78 Å². The smallest absolute Gasteiger partial charge is 0.248 e. The van der Waals surface area contributed by atoms with Crippen LogP contribution in [0.5, 0.6) is 0 Å². The second-order valence-corrected chi connectivity index (χ2v) is 3.98. The summed E-state index contributed by atoms with van der Waals surface area (Å²) < 4.78 is 25.5. The zero-order valence-corrected chi connectivity index (χ0v) is 7.23. The van der Waals surface area contributed by atoms with Gasteiger partial charge < -0.3 is 4.90 Å². The van der Waals surface area contributed by atoms with Gasteiger partial charge in [-0.2, -0.15) is 0 Å². The van der Waals surface area contributed by atoms with Gasteiger partial charge in [-0.05, 0) is 32.4 Å². The zero-order valence-electron chi connectivity index (χ0n) is 7.23. The van der Waals surface area contributed by atoms with Gasteiger partial charge in [0.25, 0.3) is 0 Å². The van der Waals surface area contributed by atoms with Gasteiger partial charge in [-0.3, -0.25) is 0 Å². The minimum atomic E-state index is -2.36. The summed E-state index contributed by atoms with van der Waals surface area (Å²) in [7, 11) is 0. The summed E-state index contributed by atoms with van der Waals surface area (Å²) in [5, 5.41) is 0. The Morgan fingerprint density at radius 3 is 2.08 bits per heavy atom. The highest BCUT2D eigenvalue weighted by molar-refractivity contribution is 4.86. The van der Waals surface area contributed by atoms with Crippen molar-refractivity contribution in [3.8, 4) is 0 Å². The maximum absolute atomic E-state index is 12.7. The molecule has 2 aliphatic rings.